The molecule has 2 aliphatic rings. The number of rotatable bonds is 4. The third-order valence-corrected chi connectivity index (χ3v) is 5.68. The van der Waals surface area contributed by atoms with Gasteiger partial charge in [-0.2, -0.15) is 0 Å². The molecule has 17 heavy (non-hydrogen) atoms. The molecule has 0 spiro atoms. The third kappa shape index (κ3) is 2.41. The van der Waals surface area contributed by atoms with Gasteiger partial charge in [-0.1, -0.05) is 46.5 Å². The van der Waals surface area contributed by atoms with Crippen molar-refractivity contribution in [2.75, 3.05) is 6.54 Å². The Balaban J connectivity index is 2.02. The fourth-order valence-electron chi connectivity index (χ4n) is 4.50. The molecule has 2 aliphatic carbocycles. The minimum absolute atomic E-state index is 0.594. The molecule has 0 aliphatic heterocycles. The maximum Gasteiger partial charge on any atom is 0.0155 e. The van der Waals surface area contributed by atoms with Crippen molar-refractivity contribution in [3.05, 3.63) is 0 Å². The number of hydrogen-bond donors (Lipinski definition) is 1. The highest BCUT2D eigenvalue weighted by Crippen LogP contribution is 2.57. The quantitative estimate of drug-likeness (QED) is 0.765. The van der Waals surface area contributed by atoms with E-state index >= 15 is 0 Å². The van der Waals surface area contributed by atoms with Crippen molar-refractivity contribution >= 4 is 0 Å². The molecular weight excluding hydrogens is 206 g/mol. The predicted octanol–water partition coefficient (Wildman–Crippen LogP) is 4.37. The van der Waals surface area contributed by atoms with E-state index in [4.69, 9.17) is 0 Å². The van der Waals surface area contributed by atoms with E-state index in [0.717, 1.165) is 17.9 Å². The summed E-state index contributed by atoms with van der Waals surface area (Å²) < 4.78 is 0. The van der Waals surface area contributed by atoms with Crippen LogP contribution in [0.3, 0.4) is 0 Å². The third-order valence-electron chi connectivity index (χ3n) is 5.68. The lowest BCUT2D eigenvalue weighted by atomic mass is 9.47. The van der Waals surface area contributed by atoms with E-state index in [1.54, 1.807) is 0 Å². The van der Waals surface area contributed by atoms with Gasteiger partial charge in [0, 0.05) is 6.04 Å². The van der Waals surface area contributed by atoms with Gasteiger partial charge in [-0.3, -0.25) is 0 Å². The van der Waals surface area contributed by atoms with E-state index in [-0.39, 0.29) is 0 Å². The summed E-state index contributed by atoms with van der Waals surface area (Å²) in [6.45, 7) is 8.44. The molecule has 2 saturated carbocycles. The van der Waals surface area contributed by atoms with E-state index in [1.807, 2.05) is 0 Å². The normalized spacial score (nSPS) is 42.2. The van der Waals surface area contributed by atoms with Crippen molar-refractivity contribution < 1.29 is 0 Å². The first-order valence-corrected chi connectivity index (χ1v) is 7.97. The Morgan fingerprint density at radius 3 is 2.41 bits per heavy atom. The average molecular weight is 237 g/mol. The Kier molecular flexibility index (Phi) is 4.52. The largest absolute Gasteiger partial charge is 0.313 e. The molecule has 0 aromatic heterocycles. The monoisotopic (exact) mass is 237 g/mol. The standard InChI is InChI=1S/C16H31N/c1-4-12-17-15-13-10-8-6-7-9-11-14(13)16(15,3)5-2/h13-15,17H,4-12H2,1-3H3. The average Bonchev–Trinajstić information content (AvgIpc) is 2.31. The highest BCUT2D eigenvalue weighted by atomic mass is 15.0. The zero-order valence-electron chi connectivity index (χ0n) is 12.1. The van der Waals surface area contributed by atoms with E-state index in [9.17, 15) is 0 Å². The van der Waals surface area contributed by atoms with E-state index in [0.29, 0.717) is 5.41 Å². The smallest absolute Gasteiger partial charge is 0.0155 e. The summed E-state index contributed by atoms with van der Waals surface area (Å²) in [6, 6.07) is 0.815. The zero-order valence-corrected chi connectivity index (χ0v) is 12.1. The molecule has 0 heterocycles. The van der Waals surface area contributed by atoms with Crippen LogP contribution in [0, 0.1) is 17.3 Å². The van der Waals surface area contributed by atoms with E-state index in [1.165, 1.54) is 57.9 Å². The van der Waals surface area contributed by atoms with Gasteiger partial charge in [-0.15, -0.1) is 0 Å². The van der Waals surface area contributed by atoms with Gasteiger partial charge in [-0.25, -0.2) is 0 Å². The summed E-state index contributed by atoms with van der Waals surface area (Å²) >= 11 is 0. The SMILES string of the molecule is CCCNC1C2CCCCCCC2C1(C)CC. The van der Waals surface area contributed by atoms with Gasteiger partial charge in [0.25, 0.3) is 0 Å². The van der Waals surface area contributed by atoms with Gasteiger partial charge in [0.05, 0.1) is 0 Å². The number of nitrogens with one attached hydrogen (secondary N) is 1. The van der Waals surface area contributed by atoms with Crippen LogP contribution in [0.5, 0.6) is 0 Å². The number of fused-ring (bicyclic) bond motifs is 1. The van der Waals surface area contributed by atoms with Gasteiger partial charge in [0.2, 0.25) is 0 Å². The molecule has 1 heteroatoms. The maximum atomic E-state index is 3.86. The van der Waals surface area contributed by atoms with Crippen molar-refractivity contribution in [1.29, 1.82) is 0 Å². The zero-order chi connectivity index (χ0) is 12.3. The molecule has 0 saturated heterocycles. The molecule has 100 valence electrons. The van der Waals surface area contributed by atoms with Crippen LogP contribution in [-0.4, -0.2) is 12.6 Å². The highest BCUT2D eigenvalue weighted by Gasteiger charge is 2.56. The lowest BCUT2D eigenvalue weighted by molar-refractivity contribution is -0.0924. The topological polar surface area (TPSA) is 12.0 Å². The Morgan fingerprint density at radius 2 is 1.76 bits per heavy atom. The van der Waals surface area contributed by atoms with Crippen molar-refractivity contribution in [2.45, 2.75) is 78.2 Å². The van der Waals surface area contributed by atoms with E-state index in [2.05, 4.69) is 26.1 Å². The van der Waals surface area contributed by atoms with E-state index < -0.39 is 0 Å². The summed E-state index contributed by atoms with van der Waals surface area (Å²) in [5, 5.41) is 3.86. The summed E-state index contributed by atoms with van der Waals surface area (Å²) in [7, 11) is 0. The highest BCUT2D eigenvalue weighted by molar-refractivity contribution is 5.09. The van der Waals surface area contributed by atoms with Crippen LogP contribution in [-0.2, 0) is 0 Å². The second-order valence-electron chi connectivity index (χ2n) is 6.55. The molecule has 1 nitrogen and oxygen atoms in total. The molecule has 4 atom stereocenters. The predicted molar refractivity (Wildman–Crippen MR) is 75.2 cm³/mol. The van der Waals surface area contributed by atoms with Gasteiger partial charge < -0.3 is 5.32 Å². The molecule has 4 unspecified atom stereocenters. The minimum atomic E-state index is 0.594. The molecule has 0 amide bonds. The van der Waals surface area contributed by atoms with Gasteiger partial charge in [-0.05, 0) is 49.5 Å². The van der Waals surface area contributed by atoms with Gasteiger partial charge >= 0.3 is 0 Å². The first kappa shape index (κ1) is 13.4. The van der Waals surface area contributed by atoms with Crippen LogP contribution in [0.1, 0.15) is 72.1 Å². The maximum absolute atomic E-state index is 3.86. The summed E-state index contributed by atoms with van der Waals surface area (Å²) in [6.07, 6.45) is 11.5. The summed E-state index contributed by atoms with van der Waals surface area (Å²) in [5.74, 6) is 2.01. The van der Waals surface area contributed by atoms with Crippen molar-refractivity contribution in [3.8, 4) is 0 Å². The Bertz CT molecular complexity index is 238. The first-order valence-electron chi connectivity index (χ1n) is 7.97. The molecule has 1 N–H and O–H groups in total. The Labute approximate surface area is 108 Å². The molecule has 2 fully saturated rings. The molecule has 0 aromatic rings. The van der Waals surface area contributed by atoms with Crippen molar-refractivity contribution in [1.82, 2.24) is 5.32 Å². The van der Waals surface area contributed by atoms with Crippen LogP contribution in [0.4, 0.5) is 0 Å². The Morgan fingerprint density at radius 1 is 1.06 bits per heavy atom. The van der Waals surface area contributed by atoms with Crippen LogP contribution in [0.15, 0.2) is 0 Å². The van der Waals surface area contributed by atoms with Crippen LogP contribution in [0.25, 0.3) is 0 Å². The lowest BCUT2D eigenvalue weighted by Crippen LogP contribution is -2.65. The van der Waals surface area contributed by atoms with Crippen LogP contribution < -0.4 is 5.32 Å². The minimum Gasteiger partial charge on any atom is -0.313 e. The molecule has 0 radical (unpaired) electrons. The summed E-state index contributed by atoms with van der Waals surface area (Å²) in [5.41, 5.74) is 0.594. The van der Waals surface area contributed by atoms with Crippen molar-refractivity contribution in [3.63, 3.8) is 0 Å². The molecule has 2 rings (SSSR count). The second-order valence-corrected chi connectivity index (χ2v) is 6.55. The number of hydrogen-bond acceptors (Lipinski definition) is 1. The fourth-order valence-corrected chi connectivity index (χ4v) is 4.50. The first-order chi connectivity index (χ1) is 8.24. The van der Waals surface area contributed by atoms with Gasteiger partial charge in [0.1, 0.15) is 0 Å². The fraction of sp³-hybridized carbons (Fsp3) is 1.00. The lowest BCUT2D eigenvalue weighted by Gasteiger charge is -2.61. The molecule has 0 bridgehead atoms. The summed E-state index contributed by atoms with van der Waals surface area (Å²) in [4.78, 5) is 0. The van der Waals surface area contributed by atoms with Crippen LogP contribution >= 0.6 is 0 Å². The molecular formula is C16H31N. The molecule has 0 aromatic carbocycles. The second kappa shape index (κ2) is 5.73. The van der Waals surface area contributed by atoms with Gasteiger partial charge in [0.15, 0.2) is 0 Å². The van der Waals surface area contributed by atoms with Crippen molar-refractivity contribution in [2.24, 2.45) is 17.3 Å². The Hall–Kier alpha value is -0.0400. The van der Waals surface area contributed by atoms with Crippen LogP contribution in [0.2, 0.25) is 0 Å².